The first kappa shape index (κ1) is 14.1. The van der Waals surface area contributed by atoms with Gasteiger partial charge in [0.15, 0.2) is 8.32 Å². The van der Waals surface area contributed by atoms with E-state index in [2.05, 4.69) is 46.9 Å². The number of rotatable bonds is 3. The van der Waals surface area contributed by atoms with Gasteiger partial charge in [0.2, 0.25) is 0 Å². The third-order valence-electron chi connectivity index (χ3n) is 5.26. The summed E-state index contributed by atoms with van der Waals surface area (Å²) in [5.41, 5.74) is 0. The Bertz CT molecular complexity index is 330. The zero-order valence-electron chi connectivity index (χ0n) is 12.7. The molecule has 1 aliphatic carbocycles. The van der Waals surface area contributed by atoms with Crippen LogP contribution < -0.4 is 0 Å². The topological polar surface area (TPSA) is 18.5 Å². The summed E-state index contributed by atoms with van der Waals surface area (Å²) < 4.78 is 12.1. The normalized spacial score (nSPS) is 35.7. The maximum Gasteiger partial charge on any atom is 0.191 e. The second-order valence-corrected chi connectivity index (χ2v) is 12.3. The first-order valence-electron chi connectivity index (χ1n) is 7.18. The van der Waals surface area contributed by atoms with Crippen molar-refractivity contribution in [3.63, 3.8) is 0 Å². The summed E-state index contributed by atoms with van der Waals surface area (Å²) in [6, 6.07) is 0. The Morgan fingerprint density at radius 3 is 2.61 bits per heavy atom. The maximum atomic E-state index is 6.41. The molecule has 0 aromatic carbocycles. The molecule has 0 spiro atoms. The number of ether oxygens (including phenoxy) is 1. The molecular weight excluding hydrogens is 240 g/mol. The summed E-state index contributed by atoms with van der Waals surface area (Å²) in [7, 11) is -1.61. The van der Waals surface area contributed by atoms with Crippen LogP contribution in [0.25, 0.3) is 0 Å². The maximum absolute atomic E-state index is 6.41. The molecule has 2 nitrogen and oxygen atoms in total. The summed E-state index contributed by atoms with van der Waals surface area (Å²) in [4.78, 5) is 0. The predicted octanol–water partition coefficient (Wildman–Crippen LogP) is 4.19. The van der Waals surface area contributed by atoms with Crippen molar-refractivity contribution in [1.29, 1.82) is 0 Å². The molecule has 1 saturated carbocycles. The van der Waals surface area contributed by atoms with E-state index in [1.807, 2.05) is 6.26 Å². The van der Waals surface area contributed by atoms with E-state index in [4.69, 9.17) is 9.16 Å². The number of fused-ring (bicyclic) bond motifs is 1. The van der Waals surface area contributed by atoms with Crippen molar-refractivity contribution in [2.24, 2.45) is 17.8 Å². The van der Waals surface area contributed by atoms with Gasteiger partial charge in [-0.2, -0.15) is 0 Å². The van der Waals surface area contributed by atoms with Gasteiger partial charge in [-0.25, -0.2) is 0 Å². The van der Waals surface area contributed by atoms with E-state index >= 15 is 0 Å². The van der Waals surface area contributed by atoms with Gasteiger partial charge in [0.1, 0.15) is 6.10 Å². The molecule has 104 valence electrons. The van der Waals surface area contributed by atoms with E-state index < -0.39 is 8.32 Å². The molecule has 1 fully saturated rings. The van der Waals surface area contributed by atoms with Gasteiger partial charge in [-0.05, 0) is 42.5 Å². The Kier molecular flexibility index (Phi) is 3.67. The van der Waals surface area contributed by atoms with Gasteiger partial charge in [0.05, 0.1) is 6.26 Å². The molecule has 18 heavy (non-hydrogen) atoms. The van der Waals surface area contributed by atoms with Crippen LogP contribution in [-0.4, -0.2) is 21.0 Å². The van der Waals surface area contributed by atoms with E-state index in [9.17, 15) is 0 Å². The molecule has 0 aromatic heterocycles. The van der Waals surface area contributed by atoms with Crippen LogP contribution in [0, 0.1) is 17.8 Å². The summed E-state index contributed by atoms with van der Waals surface area (Å²) in [5.74, 6) is 1.95. The number of hydrogen-bond acceptors (Lipinski definition) is 2. The van der Waals surface area contributed by atoms with Crippen molar-refractivity contribution in [1.82, 2.24) is 0 Å². The third kappa shape index (κ3) is 2.53. The molecule has 1 heterocycles. The van der Waals surface area contributed by atoms with E-state index in [0.29, 0.717) is 23.0 Å². The lowest BCUT2D eigenvalue weighted by molar-refractivity contribution is 0.133. The molecule has 0 radical (unpaired) electrons. The SMILES string of the molecule is C[C@@H]1C[C@@H]2OC=C[C@@H]2[C@H]1CO[Si](C)(C)C(C)(C)C. The Balaban J connectivity index is 1.96. The van der Waals surface area contributed by atoms with Crippen LogP contribution >= 0.6 is 0 Å². The smallest absolute Gasteiger partial charge is 0.191 e. The van der Waals surface area contributed by atoms with E-state index in [0.717, 1.165) is 12.5 Å². The van der Waals surface area contributed by atoms with Gasteiger partial charge in [-0.3, -0.25) is 0 Å². The summed E-state index contributed by atoms with van der Waals surface area (Å²) in [5, 5.41) is 0.302. The van der Waals surface area contributed by atoms with Gasteiger partial charge in [-0.1, -0.05) is 27.7 Å². The average molecular weight is 268 g/mol. The van der Waals surface area contributed by atoms with Gasteiger partial charge in [0.25, 0.3) is 0 Å². The van der Waals surface area contributed by atoms with Crippen LogP contribution in [0.15, 0.2) is 12.3 Å². The fourth-order valence-corrected chi connectivity index (χ4v) is 3.84. The highest BCUT2D eigenvalue weighted by atomic mass is 28.4. The summed E-state index contributed by atoms with van der Waals surface area (Å²) >= 11 is 0. The van der Waals surface area contributed by atoms with Gasteiger partial charge in [0, 0.05) is 12.5 Å². The van der Waals surface area contributed by atoms with Crippen LogP contribution in [0.4, 0.5) is 0 Å². The van der Waals surface area contributed by atoms with Crippen molar-refractivity contribution < 1.29 is 9.16 Å². The standard InChI is InChI=1S/C15H28O2Si/c1-11-9-14-12(7-8-16-14)13(11)10-17-18(5,6)15(2,3)4/h7-8,11-14H,9-10H2,1-6H3/t11-,12-,13+,14+/m1/s1. The van der Waals surface area contributed by atoms with E-state index in [1.165, 1.54) is 6.42 Å². The first-order valence-corrected chi connectivity index (χ1v) is 10.1. The van der Waals surface area contributed by atoms with Crippen LogP contribution in [0.1, 0.15) is 34.1 Å². The van der Waals surface area contributed by atoms with Gasteiger partial charge < -0.3 is 9.16 Å². The lowest BCUT2D eigenvalue weighted by Crippen LogP contribution is -2.42. The zero-order valence-corrected chi connectivity index (χ0v) is 13.7. The molecular formula is C15H28O2Si. The van der Waals surface area contributed by atoms with Crippen LogP contribution in [-0.2, 0) is 9.16 Å². The Labute approximate surface area is 113 Å². The third-order valence-corrected chi connectivity index (χ3v) is 9.76. The molecule has 1 aliphatic heterocycles. The van der Waals surface area contributed by atoms with Crippen molar-refractivity contribution in [3.05, 3.63) is 12.3 Å². The molecule has 0 saturated heterocycles. The zero-order chi connectivity index (χ0) is 13.6. The van der Waals surface area contributed by atoms with Crippen molar-refractivity contribution in [2.45, 2.75) is 58.4 Å². The molecule has 3 heteroatoms. The minimum Gasteiger partial charge on any atom is -0.498 e. The van der Waals surface area contributed by atoms with Crippen molar-refractivity contribution in [3.8, 4) is 0 Å². The lowest BCUT2D eigenvalue weighted by Gasteiger charge is -2.37. The minimum absolute atomic E-state index is 0.302. The molecule has 2 aliphatic rings. The summed E-state index contributed by atoms with van der Waals surface area (Å²) in [6.07, 6.45) is 5.74. The highest BCUT2D eigenvalue weighted by Crippen LogP contribution is 2.44. The molecule has 2 rings (SSSR count). The molecule has 0 bridgehead atoms. The fourth-order valence-electron chi connectivity index (χ4n) is 2.80. The van der Waals surface area contributed by atoms with E-state index in [-0.39, 0.29) is 0 Å². The van der Waals surface area contributed by atoms with Gasteiger partial charge in [-0.15, -0.1) is 0 Å². The second kappa shape index (κ2) is 4.68. The highest BCUT2D eigenvalue weighted by molar-refractivity contribution is 6.74. The van der Waals surface area contributed by atoms with Crippen LogP contribution in [0.5, 0.6) is 0 Å². The van der Waals surface area contributed by atoms with E-state index in [1.54, 1.807) is 0 Å². The summed E-state index contributed by atoms with van der Waals surface area (Å²) in [6.45, 7) is 14.8. The Hall–Kier alpha value is -0.283. The fraction of sp³-hybridized carbons (Fsp3) is 0.867. The molecule has 0 amide bonds. The van der Waals surface area contributed by atoms with Crippen molar-refractivity contribution in [2.75, 3.05) is 6.61 Å². The first-order chi connectivity index (χ1) is 8.22. The lowest BCUT2D eigenvalue weighted by atomic mass is 9.91. The largest absolute Gasteiger partial charge is 0.498 e. The highest BCUT2D eigenvalue weighted by Gasteiger charge is 2.45. The monoisotopic (exact) mass is 268 g/mol. The molecule has 0 unspecified atom stereocenters. The van der Waals surface area contributed by atoms with Crippen molar-refractivity contribution >= 4 is 8.32 Å². The molecule has 0 aromatic rings. The Morgan fingerprint density at radius 2 is 2.00 bits per heavy atom. The van der Waals surface area contributed by atoms with Gasteiger partial charge >= 0.3 is 0 Å². The van der Waals surface area contributed by atoms with Crippen LogP contribution in [0.3, 0.4) is 0 Å². The van der Waals surface area contributed by atoms with Crippen LogP contribution in [0.2, 0.25) is 18.1 Å². The minimum atomic E-state index is -1.61. The molecule has 0 N–H and O–H groups in total. The molecule has 4 atom stereocenters. The second-order valence-electron chi connectivity index (χ2n) is 7.53. The Morgan fingerprint density at radius 1 is 1.33 bits per heavy atom. The quantitative estimate of drug-likeness (QED) is 0.714. The number of hydrogen-bond donors (Lipinski definition) is 0. The average Bonchev–Trinajstić information content (AvgIpc) is 2.73. The predicted molar refractivity (Wildman–Crippen MR) is 77.9 cm³/mol.